The number of carbonyl (C=O) groups is 2. The minimum Gasteiger partial charge on any atom is -0.493 e. The Labute approximate surface area is 181 Å². The predicted molar refractivity (Wildman–Crippen MR) is 113 cm³/mol. The summed E-state index contributed by atoms with van der Waals surface area (Å²) in [6.45, 7) is 0.183. The van der Waals surface area contributed by atoms with Crippen molar-refractivity contribution in [3.05, 3.63) is 41.2 Å². The number of carbonyl (C=O) groups excluding carboxylic acids is 2. The van der Waals surface area contributed by atoms with E-state index in [1.807, 2.05) is 0 Å². The van der Waals surface area contributed by atoms with Gasteiger partial charge in [-0.2, -0.15) is 0 Å². The third-order valence-corrected chi connectivity index (χ3v) is 5.70. The van der Waals surface area contributed by atoms with E-state index in [9.17, 15) is 9.59 Å². The average Bonchev–Trinajstić information content (AvgIpc) is 3.39. The van der Waals surface area contributed by atoms with Gasteiger partial charge in [-0.25, -0.2) is 4.98 Å². The highest BCUT2D eigenvalue weighted by atomic mass is 32.2. The van der Waals surface area contributed by atoms with Gasteiger partial charge in [0.1, 0.15) is 0 Å². The second-order valence-electron chi connectivity index (χ2n) is 5.88. The van der Waals surface area contributed by atoms with Gasteiger partial charge in [0.15, 0.2) is 27.6 Å². The highest BCUT2D eigenvalue weighted by molar-refractivity contribution is 7.99. The summed E-state index contributed by atoms with van der Waals surface area (Å²) in [5.41, 5.74) is 0.434. The van der Waals surface area contributed by atoms with Gasteiger partial charge in [0.05, 0.1) is 26.5 Å². The zero-order chi connectivity index (χ0) is 21.5. The molecule has 158 valence electrons. The lowest BCUT2D eigenvalue weighted by Crippen LogP contribution is -2.24. The molecule has 3 rings (SSSR count). The minimum atomic E-state index is -0.281. The molecule has 0 atom stereocenters. The molecule has 0 aliphatic carbocycles. The standard InChI is InChI=1S/C18H20N6O4S2/c1-24-14(9-20-16(26)11-4-5-12(27-2)13(8-11)28-3)22-23-18(24)30-10-15(25)21-17-19-6-7-29-17/h4-8H,9-10H2,1-3H3,(H,20,26)(H,19,21,25). The fraction of sp³-hybridized carbons (Fsp3) is 0.278. The average molecular weight is 449 g/mol. The molecule has 0 saturated carbocycles. The normalized spacial score (nSPS) is 10.5. The van der Waals surface area contributed by atoms with E-state index in [-0.39, 0.29) is 24.1 Å². The van der Waals surface area contributed by atoms with Crippen molar-refractivity contribution in [2.45, 2.75) is 11.7 Å². The quantitative estimate of drug-likeness (QED) is 0.477. The van der Waals surface area contributed by atoms with Gasteiger partial charge in [0, 0.05) is 24.2 Å². The Morgan fingerprint density at radius 1 is 1.20 bits per heavy atom. The zero-order valence-corrected chi connectivity index (χ0v) is 18.2. The van der Waals surface area contributed by atoms with Gasteiger partial charge in [0.25, 0.3) is 5.91 Å². The molecule has 2 N–H and O–H groups in total. The molecule has 2 aromatic heterocycles. The number of rotatable bonds is 9. The summed E-state index contributed by atoms with van der Waals surface area (Å²) in [6, 6.07) is 4.92. The van der Waals surface area contributed by atoms with Crippen molar-refractivity contribution in [3.8, 4) is 11.5 Å². The van der Waals surface area contributed by atoms with Gasteiger partial charge in [-0.15, -0.1) is 21.5 Å². The largest absolute Gasteiger partial charge is 0.493 e. The van der Waals surface area contributed by atoms with Crippen molar-refractivity contribution in [2.24, 2.45) is 7.05 Å². The molecule has 3 aromatic rings. The molecule has 12 heteroatoms. The Hall–Kier alpha value is -3.12. The first-order chi connectivity index (χ1) is 14.5. The molecule has 1 aromatic carbocycles. The highest BCUT2D eigenvalue weighted by Crippen LogP contribution is 2.27. The molecule has 2 amide bonds. The van der Waals surface area contributed by atoms with E-state index >= 15 is 0 Å². The number of amides is 2. The Morgan fingerprint density at radius 3 is 2.70 bits per heavy atom. The predicted octanol–water partition coefficient (Wildman–Crippen LogP) is 1.95. The van der Waals surface area contributed by atoms with Crippen LogP contribution in [0.1, 0.15) is 16.2 Å². The number of nitrogens with one attached hydrogen (secondary N) is 2. The van der Waals surface area contributed by atoms with Crippen LogP contribution in [0.4, 0.5) is 5.13 Å². The second-order valence-corrected chi connectivity index (χ2v) is 7.72. The SMILES string of the molecule is COc1ccc(C(=O)NCc2nnc(SCC(=O)Nc3nccs3)n2C)cc1OC. The van der Waals surface area contributed by atoms with E-state index in [4.69, 9.17) is 9.47 Å². The molecule has 0 bridgehead atoms. The summed E-state index contributed by atoms with van der Waals surface area (Å²) in [5, 5.41) is 16.6. The molecule has 30 heavy (non-hydrogen) atoms. The molecule has 0 radical (unpaired) electrons. The number of anilines is 1. The van der Waals surface area contributed by atoms with Crippen LogP contribution >= 0.6 is 23.1 Å². The second kappa shape index (κ2) is 10.1. The smallest absolute Gasteiger partial charge is 0.251 e. The van der Waals surface area contributed by atoms with Crippen LogP contribution < -0.4 is 20.1 Å². The van der Waals surface area contributed by atoms with E-state index < -0.39 is 0 Å². The Balaban J connectivity index is 1.54. The zero-order valence-electron chi connectivity index (χ0n) is 16.5. The summed E-state index contributed by atoms with van der Waals surface area (Å²) >= 11 is 2.60. The highest BCUT2D eigenvalue weighted by Gasteiger charge is 2.15. The molecule has 0 saturated heterocycles. The number of hydrogen-bond acceptors (Lipinski definition) is 9. The number of benzene rings is 1. The Kier molecular flexibility index (Phi) is 7.25. The molecular formula is C18H20N6O4S2. The fourth-order valence-corrected chi connectivity index (χ4v) is 3.71. The lowest BCUT2D eigenvalue weighted by Gasteiger charge is -2.10. The number of methoxy groups -OCH3 is 2. The number of aromatic nitrogens is 4. The van der Waals surface area contributed by atoms with Gasteiger partial charge >= 0.3 is 0 Å². The monoisotopic (exact) mass is 448 g/mol. The first-order valence-corrected chi connectivity index (χ1v) is 10.6. The van der Waals surface area contributed by atoms with Crippen LogP contribution in [0.2, 0.25) is 0 Å². The van der Waals surface area contributed by atoms with Crippen LogP contribution in [0.25, 0.3) is 0 Å². The van der Waals surface area contributed by atoms with Crippen molar-refractivity contribution in [1.29, 1.82) is 0 Å². The third-order valence-electron chi connectivity index (χ3n) is 3.99. The van der Waals surface area contributed by atoms with Crippen molar-refractivity contribution < 1.29 is 19.1 Å². The Bertz CT molecular complexity index is 1020. The van der Waals surface area contributed by atoms with Gasteiger partial charge in [-0.1, -0.05) is 11.8 Å². The lowest BCUT2D eigenvalue weighted by atomic mass is 10.2. The van der Waals surface area contributed by atoms with E-state index in [1.54, 1.807) is 41.4 Å². The van der Waals surface area contributed by atoms with E-state index in [0.29, 0.717) is 33.2 Å². The summed E-state index contributed by atoms with van der Waals surface area (Å²) in [4.78, 5) is 28.4. The molecule has 0 spiro atoms. The van der Waals surface area contributed by atoms with Crippen LogP contribution in [-0.4, -0.2) is 51.5 Å². The van der Waals surface area contributed by atoms with Gasteiger partial charge in [-0.05, 0) is 18.2 Å². The summed E-state index contributed by atoms with van der Waals surface area (Å²) < 4.78 is 12.1. The van der Waals surface area contributed by atoms with Gasteiger partial charge in [-0.3, -0.25) is 9.59 Å². The Morgan fingerprint density at radius 2 is 2.00 bits per heavy atom. The topological polar surface area (TPSA) is 120 Å². The summed E-state index contributed by atoms with van der Waals surface area (Å²) in [7, 11) is 4.82. The van der Waals surface area contributed by atoms with Crippen molar-refractivity contribution in [2.75, 3.05) is 25.3 Å². The van der Waals surface area contributed by atoms with Crippen molar-refractivity contribution in [1.82, 2.24) is 25.1 Å². The number of thioether (sulfide) groups is 1. The van der Waals surface area contributed by atoms with Crippen molar-refractivity contribution in [3.63, 3.8) is 0 Å². The lowest BCUT2D eigenvalue weighted by molar-refractivity contribution is -0.113. The molecule has 0 aliphatic rings. The van der Waals surface area contributed by atoms with Crippen molar-refractivity contribution >= 4 is 40.0 Å². The maximum absolute atomic E-state index is 12.4. The van der Waals surface area contributed by atoms with E-state index in [0.717, 1.165) is 0 Å². The first-order valence-electron chi connectivity index (χ1n) is 8.72. The molecule has 0 aliphatic heterocycles. The molecule has 10 nitrogen and oxygen atoms in total. The number of thiazole rings is 1. The maximum atomic E-state index is 12.4. The van der Waals surface area contributed by atoms with Crippen LogP contribution in [-0.2, 0) is 18.4 Å². The van der Waals surface area contributed by atoms with Crippen LogP contribution in [0.5, 0.6) is 11.5 Å². The van der Waals surface area contributed by atoms with Crippen LogP contribution in [0.15, 0.2) is 34.9 Å². The summed E-state index contributed by atoms with van der Waals surface area (Å²) in [5.74, 6) is 1.29. The minimum absolute atomic E-state index is 0.170. The number of ether oxygens (including phenoxy) is 2. The molecule has 0 fully saturated rings. The molecule has 0 unspecified atom stereocenters. The van der Waals surface area contributed by atoms with Gasteiger partial charge < -0.3 is 24.7 Å². The third kappa shape index (κ3) is 5.27. The van der Waals surface area contributed by atoms with Crippen LogP contribution in [0.3, 0.4) is 0 Å². The molecular weight excluding hydrogens is 428 g/mol. The summed E-state index contributed by atoms with van der Waals surface area (Å²) in [6.07, 6.45) is 1.62. The van der Waals surface area contributed by atoms with Gasteiger partial charge in [0.2, 0.25) is 5.91 Å². The number of hydrogen-bond donors (Lipinski definition) is 2. The van der Waals surface area contributed by atoms with E-state index in [2.05, 4.69) is 25.8 Å². The van der Waals surface area contributed by atoms with Crippen LogP contribution in [0, 0.1) is 0 Å². The maximum Gasteiger partial charge on any atom is 0.251 e. The van der Waals surface area contributed by atoms with E-state index in [1.165, 1.54) is 37.3 Å². The number of nitrogens with zero attached hydrogens (tertiary/aromatic N) is 4. The molecule has 2 heterocycles. The first kappa shape index (κ1) is 21.6. The fourth-order valence-electron chi connectivity index (χ4n) is 2.43.